The van der Waals surface area contributed by atoms with Crippen LogP contribution in [0.1, 0.15) is 19.3 Å². The summed E-state index contributed by atoms with van der Waals surface area (Å²) in [5.74, 6) is -0.800. The fourth-order valence-electron chi connectivity index (χ4n) is 2.13. The van der Waals surface area contributed by atoms with Gasteiger partial charge in [0, 0.05) is 19.2 Å². The van der Waals surface area contributed by atoms with E-state index in [9.17, 15) is 8.78 Å². The van der Waals surface area contributed by atoms with E-state index in [1.165, 1.54) is 12.5 Å². The molecule has 1 aromatic rings. The molecule has 1 fully saturated rings. The smallest absolute Gasteiger partial charge is 0.191 e. The normalized spacial score (nSPS) is 15.5. The molecule has 0 amide bonds. The van der Waals surface area contributed by atoms with Crippen LogP contribution in [-0.4, -0.2) is 37.1 Å². The number of ether oxygens (including phenoxy) is 1. The van der Waals surface area contributed by atoms with Crippen molar-refractivity contribution in [3.63, 3.8) is 0 Å². The van der Waals surface area contributed by atoms with Gasteiger partial charge in [-0.15, -0.1) is 24.0 Å². The molecule has 0 saturated carbocycles. The molecule has 0 bridgehead atoms. The molecule has 118 valence electrons. The van der Waals surface area contributed by atoms with Crippen LogP contribution in [0.2, 0.25) is 0 Å². The number of nitrogens with two attached hydrogens (primary N) is 1. The van der Waals surface area contributed by atoms with Crippen molar-refractivity contribution >= 4 is 29.9 Å². The van der Waals surface area contributed by atoms with E-state index in [1.807, 2.05) is 4.90 Å². The van der Waals surface area contributed by atoms with Crippen molar-refractivity contribution in [2.45, 2.75) is 19.3 Å². The molecule has 0 aliphatic carbocycles. The van der Waals surface area contributed by atoms with Crippen LogP contribution in [0, 0.1) is 11.6 Å². The van der Waals surface area contributed by atoms with Gasteiger partial charge in [-0.1, -0.05) is 0 Å². The van der Waals surface area contributed by atoms with Gasteiger partial charge in [0.15, 0.2) is 17.5 Å². The van der Waals surface area contributed by atoms with Crippen molar-refractivity contribution in [3.8, 4) is 5.75 Å². The number of piperidine rings is 1. The van der Waals surface area contributed by atoms with E-state index >= 15 is 0 Å². The Bertz CT molecular complexity index is 479. The molecule has 2 rings (SSSR count). The monoisotopic (exact) mass is 411 g/mol. The first kappa shape index (κ1) is 17.9. The van der Waals surface area contributed by atoms with Crippen LogP contribution in [0.5, 0.6) is 5.75 Å². The summed E-state index contributed by atoms with van der Waals surface area (Å²) in [5.41, 5.74) is 5.87. The lowest BCUT2D eigenvalue weighted by molar-refractivity contribution is 0.306. The van der Waals surface area contributed by atoms with Gasteiger partial charge in [0.2, 0.25) is 0 Å². The van der Waals surface area contributed by atoms with E-state index in [2.05, 4.69) is 4.99 Å². The lowest BCUT2D eigenvalue weighted by Crippen LogP contribution is -2.41. The molecular formula is C14H20F2IN3O. The topological polar surface area (TPSA) is 50.9 Å². The van der Waals surface area contributed by atoms with Gasteiger partial charge in [0.05, 0.1) is 6.54 Å². The Hall–Kier alpha value is -1.12. The zero-order valence-electron chi connectivity index (χ0n) is 11.7. The maximum atomic E-state index is 13.3. The first-order valence-corrected chi connectivity index (χ1v) is 6.79. The summed E-state index contributed by atoms with van der Waals surface area (Å²) in [6.45, 7) is 2.42. The summed E-state index contributed by atoms with van der Waals surface area (Å²) in [4.78, 5) is 6.25. The Morgan fingerprint density at radius 2 is 1.95 bits per heavy atom. The number of nitrogens with zero attached hydrogens (tertiary/aromatic N) is 2. The summed E-state index contributed by atoms with van der Waals surface area (Å²) >= 11 is 0. The number of rotatable bonds is 4. The van der Waals surface area contributed by atoms with Gasteiger partial charge >= 0.3 is 0 Å². The largest absolute Gasteiger partial charge is 0.489 e. The number of benzene rings is 1. The highest BCUT2D eigenvalue weighted by Gasteiger charge is 2.11. The first-order valence-electron chi connectivity index (χ1n) is 6.79. The molecule has 7 heteroatoms. The van der Waals surface area contributed by atoms with Crippen LogP contribution < -0.4 is 10.5 Å². The summed E-state index contributed by atoms with van der Waals surface area (Å²) < 4.78 is 31.2. The van der Waals surface area contributed by atoms with Crippen LogP contribution in [0.4, 0.5) is 8.78 Å². The van der Waals surface area contributed by atoms with Gasteiger partial charge in [-0.25, -0.2) is 13.8 Å². The summed E-state index contributed by atoms with van der Waals surface area (Å²) in [7, 11) is 0. The van der Waals surface area contributed by atoms with Crippen LogP contribution in [-0.2, 0) is 0 Å². The third-order valence-corrected chi connectivity index (χ3v) is 3.20. The van der Waals surface area contributed by atoms with Crippen molar-refractivity contribution < 1.29 is 13.5 Å². The molecule has 1 aliphatic heterocycles. The van der Waals surface area contributed by atoms with Gasteiger partial charge < -0.3 is 15.4 Å². The molecule has 1 aliphatic rings. The quantitative estimate of drug-likeness (QED) is 0.359. The number of halogens is 3. The number of guanidine groups is 1. The van der Waals surface area contributed by atoms with Crippen molar-refractivity contribution in [2.75, 3.05) is 26.2 Å². The third kappa shape index (κ3) is 5.64. The standard InChI is InChI=1S/C14H19F2N3O.HI/c15-11-4-5-13(12(16)10-11)20-9-6-18-14(17)19-7-2-1-3-8-19;/h4-5,10H,1-3,6-9H2,(H2,17,18);1H. The molecule has 21 heavy (non-hydrogen) atoms. The molecule has 0 spiro atoms. The summed E-state index contributed by atoms with van der Waals surface area (Å²) in [6, 6.07) is 3.22. The molecule has 1 saturated heterocycles. The second-order valence-electron chi connectivity index (χ2n) is 4.71. The second-order valence-corrected chi connectivity index (χ2v) is 4.71. The number of likely N-dealkylation sites (tertiary alicyclic amines) is 1. The first-order chi connectivity index (χ1) is 9.66. The second kappa shape index (κ2) is 9.01. The van der Waals surface area contributed by atoms with Crippen LogP contribution in [0.15, 0.2) is 23.2 Å². The maximum Gasteiger partial charge on any atom is 0.191 e. The van der Waals surface area contributed by atoms with E-state index in [0.29, 0.717) is 12.5 Å². The molecule has 4 nitrogen and oxygen atoms in total. The Morgan fingerprint density at radius 1 is 1.24 bits per heavy atom. The average molecular weight is 411 g/mol. The highest BCUT2D eigenvalue weighted by atomic mass is 127. The van der Waals surface area contributed by atoms with Crippen LogP contribution in [0.3, 0.4) is 0 Å². The minimum atomic E-state index is -0.710. The van der Waals surface area contributed by atoms with Gasteiger partial charge in [-0.05, 0) is 31.4 Å². The minimum Gasteiger partial charge on any atom is -0.489 e. The van der Waals surface area contributed by atoms with Crippen molar-refractivity contribution in [3.05, 3.63) is 29.8 Å². The van der Waals surface area contributed by atoms with Crippen LogP contribution >= 0.6 is 24.0 Å². The third-order valence-electron chi connectivity index (χ3n) is 3.20. The highest BCUT2D eigenvalue weighted by Crippen LogP contribution is 2.17. The fraction of sp³-hybridized carbons (Fsp3) is 0.500. The SMILES string of the molecule is I.NC(=NCCOc1ccc(F)cc1F)N1CCCCC1. The minimum absolute atomic E-state index is 0. The van der Waals surface area contributed by atoms with E-state index in [0.717, 1.165) is 38.1 Å². The van der Waals surface area contributed by atoms with E-state index in [-0.39, 0.29) is 36.3 Å². The van der Waals surface area contributed by atoms with Gasteiger partial charge in [0.25, 0.3) is 0 Å². The van der Waals surface area contributed by atoms with E-state index < -0.39 is 11.6 Å². The lowest BCUT2D eigenvalue weighted by Gasteiger charge is -2.27. The molecule has 1 heterocycles. The molecule has 2 N–H and O–H groups in total. The Kier molecular flexibility index (Phi) is 7.69. The lowest BCUT2D eigenvalue weighted by atomic mass is 10.1. The summed E-state index contributed by atoms with van der Waals surface area (Å²) in [5, 5.41) is 0. The molecular weight excluding hydrogens is 391 g/mol. The molecule has 0 unspecified atom stereocenters. The predicted octanol–water partition coefficient (Wildman–Crippen LogP) is 2.76. The Labute approximate surface area is 140 Å². The number of hydrogen-bond donors (Lipinski definition) is 1. The molecule has 0 radical (unpaired) electrons. The van der Waals surface area contributed by atoms with E-state index in [4.69, 9.17) is 10.5 Å². The van der Waals surface area contributed by atoms with Crippen molar-refractivity contribution in [2.24, 2.45) is 10.7 Å². The van der Waals surface area contributed by atoms with Crippen molar-refractivity contribution in [1.29, 1.82) is 0 Å². The Morgan fingerprint density at radius 3 is 2.62 bits per heavy atom. The van der Waals surface area contributed by atoms with Crippen molar-refractivity contribution in [1.82, 2.24) is 4.90 Å². The molecule has 0 atom stereocenters. The number of aliphatic imine (C=N–C) groups is 1. The predicted molar refractivity (Wildman–Crippen MR) is 89.2 cm³/mol. The highest BCUT2D eigenvalue weighted by molar-refractivity contribution is 14.0. The van der Waals surface area contributed by atoms with Gasteiger partial charge in [0.1, 0.15) is 12.4 Å². The molecule has 1 aromatic carbocycles. The number of hydrogen-bond acceptors (Lipinski definition) is 2. The van der Waals surface area contributed by atoms with Gasteiger partial charge in [-0.3, -0.25) is 0 Å². The Balaban J connectivity index is 0.00000220. The van der Waals surface area contributed by atoms with Crippen LogP contribution in [0.25, 0.3) is 0 Å². The fourth-order valence-corrected chi connectivity index (χ4v) is 2.13. The molecule has 0 aromatic heterocycles. The average Bonchev–Trinajstić information content (AvgIpc) is 2.46. The summed E-state index contributed by atoms with van der Waals surface area (Å²) in [6.07, 6.45) is 3.50. The van der Waals surface area contributed by atoms with E-state index in [1.54, 1.807) is 0 Å². The maximum absolute atomic E-state index is 13.3. The zero-order chi connectivity index (χ0) is 14.4. The zero-order valence-corrected chi connectivity index (χ0v) is 14.1. The van der Waals surface area contributed by atoms with Gasteiger partial charge in [-0.2, -0.15) is 0 Å².